The van der Waals surface area contributed by atoms with E-state index in [0.29, 0.717) is 6.42 Å². The molecule has 1 aromatic carbocycles. The fraction of sp³-hybridized carbons (Fsp3) is 0.500. The van der Waals surface area contributed by atoms with E-state index in [1.54, 1.807) is 0 Å². The lowest BCUT2D eigenvalue weighted by molar-refractivity contribution is -0.120. The summed E-state index contributed by atoms with van der Waals surface area (Å²) in [4.78, 5) is 11.7. The predicted molar refractivity (Wildman–Crippen MR) is 76.5 cm³/mol. The van der Waals surface area contributed by atoms with E-state index in [9.17, 15) is 4.79 Å². The number of benzene rings is 1. The summed E-state index contributed by atoms with van der Waals surface area (Å²) >= 11 is 3.40. The highest BCUT2D eigenvalue weighted by atomic mass is 79.9. The molecule has 1 saturated carbocycles. The smallest absolute Gasteiger partial charge is 0.224 e. The molecule has 1 amide bonds. The number of nitrogens with one attached hydrogen (secondary N) is 2. The van der Waals surface area contributed by atoms with Gasteiger partial charge in [-0.25, -0.2) is 0 Å². The first kappa shape index (κ1) is 13.6. The second kappa shape index (κ2) is 6.90. The van der Waals surface area contributed by atoms with E-state index in [2.05, 4.69) is 26.6 Å². The number of hydrogen-bond donors (Lipinski definition) is 2. The highest BCUT2D eigenvalue weighted by Gasteiger charge is 2.19. The van der Waals surface area contributed by atoms with Crippen molar-refractivity contribution in [3.8, 4) is 0 Å². The van der Waals surface area contributed by atoms with E-state index < -0.39 is 0 Å². The summed E-state index contributed by atoms with van der Waals surface area (Å²) in [5, 5.41) is 6.38. The van der Waals surface area contributed by atoms with Gasteiger partial charge in [0.1, 0.15) is 0 Å². The van der Waals surface area contributed by atoms with E-state index in [1.165, 1.54) is 12.8 Å². The number of hydrogen-bond acceptors (Lipinski definition) is 2. The molecule has 1 fully saturated rings. The highest BCUT2D eigenvalue weighted by molar-refractivity contribution is 9.10. The quantitative estimate of drug-likeness (QED) is 0.758. The highest BCUT2D eigenvalue weighted by Crippen LogP contribution is 2.18. The monoisotopic (exact) mass is 310 g/mol. The average Bonchev–Trinajstić information content (AvgIpc) is 3.12. The van der Waals surface area contributed by atoms with Crippen LogP contribution in [0.4, 0.5) is 0 Å². The van der Waals surface area contributed by atoms with Gasteiger partial charge in [-0.2, -0.15) is 0 Å². The maximum Gasteiger partial charge on any atom is 0.224 e. The third kappa shape index (κ3) is 5.19. The second-order valence-corrected chi connectivity index (χ2v) is 5.65. The summed E-state index contributed by atoms with van der Waals surface area (Å²) in [6, 6.07) is 8.62. The maximum atomic E-state index is 11.7. The van der Waals surface area contributed by atoms with Crippen LogP contribution >= 0.6 is 15.9 Å². The molecule has 98 valence electrons. The Morgan fingerprint density at radius 2 is 2.17 bits per heavy atom. The third-order valence-corrected chi connectivity index (χ3v) is 3.43. The molecule has 2 N–H and O–H groups in total. The molecule has 0 bridgehead atoms. The molecule has 1 aliphatic rings. The van der Waals surface area contributed by atoms with Crippen LogP contribution < -0.4 is 10.6 Å². The standard InChI is InChI=1S/C14H19BrN2O/c15-12-4-1-3-11(9-12)10-14(18)17-8-2-7-16-13-5-6-13/h1,3-4,9,13,16H,2,5-8,10H2,(H,17,18). The van der Waals surface area contributed by atoms with Crippen molar-refractivity contribution < 1.29 is 4.79 Å². The molecule has 4 heteroatoms. The Balaban J connectivity index is 1.59. The molecule has 0 heterocycles. The van der Waals surface area contributed by atoms with Crippen LogP contribution in [0.1, 0.15) is 24.8 Å². The van der Waals surface area contributed by atoms with Crippen LogP contribution in [0, 0.1) is 0 Å². The van der Waals surface area contributed by atoms with Gasteiger partial charge in [-0.15, -0.1) is 0 Å². The van der Waals surface area contributed by atoms with Crippen molar-refractivity contribution in [3.63, 3.8) is 0 Å². The molecule has 3 nitrogen and oxygen atoms in total. The van der Waals surface area contributed by atoms with Gasteiger partial charge in [0.15, 0.2) is 0 Å². The minimum atomic E-state index is 0.0968. The third-order valence-electron chi connectivity index (χ3n) is 2.94. The van der Waals surface area contributed by atoms with Crippen LogP contribution in [0.15, 0.2) is 28.7 Å². The van der Waals surface area contributed by atoms with Crippen molar-refractivity contribution in [2.75, 3.05) is 13.1 Å². The van der Waals surface area contributed by atoms with Crippen LogP contribution in [-0.2, 0) is 11.2 Å². The maximum absolute atomic E-state index is 11.7. The zero-order valence-corrected chi connectivity index (χ0v) is 12.0. The van der Waals surface area contributed by atoms with E-state index in [0.717, 1.165) is 35.6 Å². The molecule has 0 spiro atoms. The van der Waals surface area contributed by atoms with E-state index in [1.807, 2.05) is 24.3 Å². The van der Waals surface area contributed by atoms with Gasteiger partial charge in [0.05, 0.1) is 6.42 Å². The fourth-order valence-corrected chi connectivity index (χ4v) is 2.25. The predicted octanol–water partition coefficient (Wildman–Crippen LogP) is 2.25. The minimum Gasteiger partial charge on any atom is -0.356 e. The van der Waals surface area contributed by atoms with E-state index in [4.69, 9.17) is 0 Å². The molecule has 0 saturated heterocycles. The Morgan fingerprint density at radius 1 is 1.33 bits per heavy atom. The van der Waals surface area contributed by atoms with Gasteiger partial charge in [0.25, 0.3) is 0 Å². The van der Waals surface area contributed by atoms with Gasteiger partial charge in [-0.05, 0) is 43.5 Å². The van der Waals surface area contributed by atoms with E-state index >= 15 is 0 Å². The van der Waals surface area contributed by atoms with Crippen LogP contribution in [0.2, 0.25) is 0 Å². The lowest BCUT2D eigenvalue weighted by Gasteiger charge is -2.06. The Kier molecular flexibility index (Phi) is 5.20. The molecular formula is C14H19BrN2O. The zero-order valence-electron chi connectivity index (χ0n) is 10.4. The molecule has 1 aromatic rings. The number of halogens is 1. The lowest BCUT2D eigenvalue weighted by Crippen LogP contribution is -2.29. The van der Waals surface area contributed by atoms with Gasteiger partial charge in [0.2, 0.25) is 5.91 Å². The Labute approximate surface area is 116 Å². The molecule has 1 aliphatic carbocycles. The van der Waals surface area contributed by atoms with Gasteiger partial charge in [-0.3, -0.25) is 4.79 Å². The van der Waals surface area contributed by atoms with Crippen molar-refractivity contribution in [1.29, 1.82) is 0 Å². The number of carbonyl (C=O) groups excluding carboxylic acids is 1. The Bertz CT molecular complexity index is 405. The first-order valence-electron chi connectivity index (χ1n) is 6.48. The molecule has 0 aliphatic heterocycles. The molecule has 2 rings (SSSR count). The molecule has 0 unspecified atom stereocenters. The van der Waals surface area contributed by atoms with Crippen molar-refractivity contribution in [2.24, 2.45) is 0 Å². The lowest BCUT2D eigenvalue weighted by atomic mass is 10.1. The number of carbonyl (C=O) groups is 1. The normalized spacial score (nSPS) is 14.5. The summed E-state index contributed by atoms with van der Waals surface area (Å²) in [6.45, 7) is 1.76. The van der Waals surface area contributed by atoms with Crippen LogP contribution in [0.5, 0.6) is 0 Å². The Hall–Kier alpha value is -0.870. The van der Waals surface area contributed by atoms with Crippen molar-refractivity contribution >= 4 is 21.8 Å². The van der Waals surface area contributed by atoms with Gasteiger partial charge < -0.3 is 10.6 Å². The van der Waals surface area contributed by atoms with Gasteiger partial charge in [-0.1, -0.05) is 28.1 Å². The van der Waals surface area contributed by atoms with Crippen molar-refractivity contribution in [3.05, 3.63) is 34.3 Å². The molecular weight excluding hydrogens is 292 g/mol. The summed E-state index contributed by atoms with van der Waals surface area (Å²) < 4.78 is 1.02. The summed E-state index contributed by atoms with van der Waals surface area (Å²) in [5.41, 5.74) is 1.04. The number of amides is 1. The SMILES string of the molecule is O=C(Cc1cccc(Br)c1)NCCCNC1CC1. The summed E-state index contributed by atoms with van der Waals surface area (Å²) in [5.74, 6) is 0.0968. The van der Waals surface area contributed by atoms with Crippen LogP contribution in [0.3, 0.4) is 0 Å². The largest absolute Gasteiger partial charge is 0.356 e. The molecule has 0 radical (unpaired) electrons. The Morgan fingerprint density at radius 3 is 2.89 bits per heavy atom. The summed E-state index contributed by atoms with van der Waals surface area (Å²) in [6.07, 6.45) is 4.08. The van der Waals surface area contributed by atoms with Crippen LogP contribution in [-0.4, -0.2) is 25.0 Å². The molecule has 0 aromatic heterocycles. The molecule has 18 heavy (non-hydrogen) atoms. The summed E-state index contributed by atoms with van der Waals surface area (Å²) in [7, 11) is 0. The fourth-order valence-electron chi connectivity index (χ4n) is 1.80. The van der Waals surface area contributed by atoms with E-state index in [-0.39, 0.29) is 5.91 Å². The minimum absolute atomic E-state index is 0.0968. The number of rotatable bonds is 7. The van der Waals surface area contributed by atoms with Crippen molar-refractivity contribution in [1.82, 2.24) is 10.6 Å². The zero-order chi connectivity index (χ0) is 12.8. The molecule has 0 atom stereocenters. The van der Waals surface area contributed by atoms with Gasteiger partial charge >= 0.3 is 0 Å². The van der Waals surface area contributed by atoms with Gasteiger partial charge in [0, 0.05) is 17.1 Å². The average molecular weight is 311 g/mol. The second-order valence-electron chi connectivity index (χ2n) is 4.74. The van der Waals surface area contributed by atoms with Crippen molar-refractivity contribution in [2.45, 2.75) is 31.7 Å². The first-order chi connectivity index (χ1) is 8.74. The van der Waals surface area contributed by atoms with Crippen LogP contribution in [0.25, 0.3) is 0 Å². The topological polar surface area (TPSA) is 41.1 Å². The first-order valence-corrected chi connectivity index (χ1v) is 7.28.